The minimum Gasteiger partial charge on any atom is -0.505 e. The number of nitrogens with zero attached hydrogens (tertiary/aromatic N) is 1. The molecule has 0 aliphatic rings. The Bertz CT molecular complexity index is 398. The Hall–Kier alpha value is -1.24. The van der Waals surface area contributed by atoms with Gasteiger partial charge in [0, 0.05) is 11.5 Å². The van der Waals surface area contributed by atoms with Crippen LogP contribution in [0.25, 0.3) is 0 Å². The molecule has 4 nitrogen and oxygen atoms in total. The van der Waals surface area contributed by atoms with Crippen LogP contribution < -0.4 is 0 Å². The molecule has 1 heterocycles. The van der Waals surface area contributed by atoms with Crippen LogP contribution in [0, 0.1) is 0 Å². The summed E-state index contributed by atoms with van der Waals surface area (Å²) in [6.45, 7) is 0. The highest BCUT2D eigenvalue weighted by Crippen LogP contribution is 2.31. The number of halogens is 3. The van der Waals surface area contributed by atoms with Crippen LogP contribution in [0.15, 0.2) is 6.20 Å². The fourth-order valence-electron chi connectivity index (χ4n) is 1.05. The Kier molecular flexibility index (Phi) is 3.57. The van der Waals surface area contributed by atoms with Gasteiger partial charge in [0.05, 0.1) is 0 Å². The van der Waals surface area contributed by atoms with E-state index in [2.05, 4.69) is 20.9 Å². The first-order valence-corrected chi connectivity index (χ1v) is 4.89. The standard InChI is InChI=1S/C8H6BrF2NO3/c9-1-3-2-12-5(7(10)11)6(13)4(3)8(14)15/h2,7,13H,1H2,(H,14,15). The van der Waals surface area contributed by atoms with Gasteiger partial charge in [0.15, 0.2) is 5.75 Å². The van der Waals surface area contributed by atoms with Crippen molar-refractivity contribution in [3.05, 3.63) is 23.0 Å². The molecule has 0 amide bonds. The summed E-state index contributed by atoms with van der Waals surface area (Å²) >= 11 is 2.97. The fourth-order valence-corrected chi connectivity index (χ4v) is 1.48. The van der Waals surface area contributed by atoms with Crippen molar-refractivity contribution in [2.45, 2.75) is 11.8 Å². The van der Waals surface area contributed by atoms with E-state index in [4.69, 9.17) is 5.11 Å². The normalized spacial score (nSPS) is 10.7. The number of pyridine rings is 1. The first-order valence-electron chi connectivity index (χ1n) is 3.77. The third kappa shape index (κ3) is 2.23. The van der Waals surface area contributed by atoms with Crippen molar-refractivity contribution >= 4 is 21.9 Å². The molecule has 1 aromatic rings. The molecule has 0 aliphatic heterocycles. The number of rotatable bonds is 3. The number of carboxylic acid groups (broad SMARTS) is 1. The summed E-state index contributed by atoms with van der Waals surface area (Å²) < 4.78 is 24.6. The van der Waals surface area contributed by atoms with E-state index >= 15 is 0 Å². The number of carbonyl (C=O) groups is 1. The maximum Gasteiger partial charge on any atom is 0.339 e. The summed E-state index contributed by atoms with van der Waals surface area (Å²) in [4.78, 5) is 14.0. The van der Waals surface area contributed by atoms with Gasteiger partial charge in [-0.1, -0.05) is 15.9 Å². The third-order valence-corrected chi connectivity index (χ3v) is 2.33. The second-order valence-corrected chi connectivity index (χ2v) is 3.19. The van der Waals surface area contributed by atoms with Gasteiger partial charge in [-0.2, -0.15) is 0 Å². The number of alkyl halides is 3. The predicted molar refractivity (Wildman–Crippen MR) is 50.4 cm³/mol. The number of aromatic carboxylic acids is 1. The highest BCUT2D eigenvalue weighted by atomic mass is 79.9. The molecule has 0 bridgehead atoms. The second kappa shape index (κ2) is 4.52. The molecule has 15 heavy (non-hydrogen) atoms. The first kappa shape index (κ1) is 11.8. The molecule has 0 unspecified atom stereocenters. The lowest BCUT2D eigenvalue weighted by atomic mass is 10.1. The van der Waals surface area contributed by atoms with E-state index in [0.29, 0.717) is 0 Å². The predicted octanol–water partition coefficient (Wildman–Crippen LogP) is 2.32. The fraction of sp³-hybridized carbons (Fsp3) is 0.250. The van der Waals surface area contributed by atoms with Gasteiger partial charge in [-0.15, -0.1) is 0 Å². The molecule has 0 saturated heterocycles. The molecule has 7 heteroatoms. The number of hydrogen-bond acceptors (Lipinski definition) is 3. The number of hydrogen-bond donors (Lipinski definition) is 2. The van der Waals surface area contributed by atoms with Crippen molar-refractivity contribution in [1.29, 1.82) is 0 Å². The molecular formula is C8H6BrF2NO3. The quantitative estimate of drug-likeness (QED) is 0.835. The third-order valence-electron chi connectivity index (χ3n) is 1.72. The molecule has 82 valence electrons. The summed E-state index contributed by atoms with van der Waals surface area (Å²) in [5.41, 5.74) is -1.32. The largest absolute Gasteiger partial charge is 0.505 e. The van der Waals surface area contributed by atoms with Crippen molar-refractivity contribution in [1.82, 2.24) is 4.98 Å². The van der Waals surface area contributed by atoms with Crippen LogP contribution >= 0.6 is 15.9 Å². The van der Waals surface area contributed by atoms with E-state index in [-0.39, 0.29) is 10.9 Å². The molecule has 0 aliphatic carbocycles. The van der Waals surface area contributed by atoms with Crippen LogP contribution in [0.5, 0.6) is 5.75 Å². The lowest BCUT2D eigenvalue weighted by molar-refractivity contribution is 0.0691. The van der Waals surface area contributed by atoms with Crippen LogP contribution in [0.3, 0.4) is 0 Å². The minimum absolute atomic E-state index is 0.110. The molecule has 0 spiro atoms. The molecule has 1 rings (SSSR count). The van der Waals surface area contributed by atoms with Gasteiger partial charge >= 0.3 is 5.97 Å². The maximum atomic E-state index is 12.3. The molecule has 0 fully saturated rings. The SMILES string of the molecule is O=C(O)c1c(CBr)cnc(C(F)F)c1O. The molecule has 0 aromatic carbocycles. The molecular weight excluding hydrogens is 276 g/mol. The number of aromatic hydroxyl groups is 1. The van der Waals surface area contributed by atoms with Crippen LogP contribution in [-0.2, 0) is 5.33 Å². The van der Waals surface area contributed by atoms with E-state index in [1.165, 1.54) is 0 Å². The molecule has 1 aromatic heterocycles. The van der Waals surface area contributed by atoms with Crippen LogP contribution in [0.4, 0.5) is 8.78 Å². The van der Waals surface area contributed by atoms with Gasteiger partial charge in [0.1, 0.15) is 11.3 Å². The smallest absolute Gasteiger partial charge is 0.339 e. The maximum absolute atomic E-state index is 12.3. The molecule has 0 saturated carbocycles. The average Bonchev–Trinajstić information content (AvgIpc) is 2.15. The van der Waals surface area contributed by atoms with Gasteiger partial charge in [-0.3, -0.25) is 4.98 Å². The van der Waals surface area contributed by atoms with Crippen LogP contribution in [-0.4, -0.2) is 21.2 Å². The van der Waals surface area contributed by atoms with Crippen molar-refractivity contribution in [2.24, 2.45) is 0 Å². The Balaban J connectivity index is 3.42. The Morgan fingerprint density at radius 3 is 2.60 bits per heavy atom. The highest BCUT2D eigenvalue weighted by Gasteiger charge is 2.23. The van der Waals surface area contributed by atoms with E-state index in [1.807, 2.05) is 0 Å². The van der Waals surface area contributed by atoms with E-state index < -0.39 is 29.4 Å². The Labute approximate surface area is 91.7 Å². The van der Waals surface area contributed by atoms with E-state index in [1.54, 1.807) is 0 Å². The number of carboxylic acids is 1. The lowest BCUT2D eigenvalue weighted by Crippen LogP contribution is -2.06. The second-order valence-electron chi connectivity index (χ2n) is 2.63. The summed E-state index contributed by atoms with van der Waals surface area (Å²) in [5.74, 6) is -2.44. The van der Waals surface area contributed by atoms with Crippen molar-refractivity contribution in [3.63, 3.8) is 0 Å². The lowest BCUT2D eigenvalue weighted by Gasteiger charge is -2.08. The number of aromatic nitrogens is 1. The van der Waals surface area contributed by atoms with Gasteiger partial charge in [-0.25, -0.2) is 13.6 Å². The summed E-state index contributed by atoms with van der Waals surface area (Å²) in [5, 5.41) is 18.1. The van der Waals surface area contributed by atoms with Gasteiger partial charge in [0.2, 0.25) is 0 Å². The van der Waals surface area contributed by atoms with Gasteiger partial charge in [0.25, 0.3) is 6.43 Å². The monoisotopic (exact) mass is 281 g/mol. The summed E-state index contributed by atoms with van der Waals surface area (Å²) in [7, 11) is 0. The van der Waals surface area contributed by atoms with Gasteiger partial charge < -0.3 is 10.2 Å². The molecule has 0 radical (unpaired) electrons. The topological polar surface area (TPSA) is 70.4 Å². The summed E-state index contributed by atoms with van der Waals surface area (Å²) in [6.07, 6.45) is -2.01. The minimum atomic E-state index is -3.01. The average molecular weight is 282 g/mol. The zero-order valence-corrected chi connectivity index (χ0v) is 8.83. The molecule has 2 N–H and O–H groups in total. The molecule has 0 atom stereocenters. The highest BCUT2D eigenvalue weighted by molar-refractivity contribution is 9.08. The van der Waals surface area contributed by atoms with Crippen LogP contribution in [0.2, 0.25) is 0 Å². The van der Waals surface area contributed by atoms with Gasteiger partial charge in [-0.05, 0) is 5.56 Å². The van der Waals surface area contributed by atoms with Crippen molar-refractivity contribution < 1.29 is 23.8 Å². The van der Waals surface area contributed by atoms with Crippen molar-refractivity contribution in [3.8, 4) is 5.75 Å². The first-order chi connectivity index (χ1) is 6.99. The van der Waals surface area contributed by atoms with E-state index in [9.17, 15) is 18.7 Å². The van der Waals surface area contributed by atoms with E-state index in [0.717, 1.165) is 6.20 Å². The Morgan fingerprint density at radius 1 is 1.60 bits per heavy atom. The van der Waals surface area contributed by atoms with Crippen molar-refractivity contribution in [2.75, 3.05) is 0 Å². The zero-order chi connectivity index (χ0) is 11.6. The Morgan fingerprint density at radius 2 is 2.20 bits per heavy atom. The van der Waals surface area contributed by atoms with Crippen LogP contribution in [0.1, 0.15) is 28.0 Å². The summed E-state index contributed by atoms with van der Waals surface area (Å²) in [6, 6.07) is 0. The zero-order valence-electron chi connectivity index (χ0n) is 7.25.